The van der Waals surface area contributed by atoms with Gasteiger partial charge in [-0.2, -0.15) is 4.76 Å². The van der Waals surface area contributed by atoms with Gasteiger partial charge in [-0.05, 0) is 30.4 Å². The van der Waals surface area contributed by atoms with Crippen molar-refractivity contribution in [1.29, 1.82) is 0 Å². The van der Waals surface area contributed by atoms with Crippen molar-refractivity contribution in [2.45, 2.75) is 31.8 Å². The van der Waals surface area contributed by atoms with Gasteiger partial charge in [0.05, 0.1) is 17.6 Å². The molecule has 0 saturated heterocycles. The summed E-state index contributed by atoms with van der Waals surface area (Å²) in [5, 5.41) is 13.2. The van der Waals surface area contributed by atoms with Gasteiger partial charge in [-0.1, -0.05) is 47.5 Å². The van der Waals surface area contributed by atoms with E-state index in [0.29, 0.717) is 25.2 Å². The predicted octanol–water partition coefficient (Wildman–Crippen LogP) is 7.06. The van der Waals surface area contributed by atoms with E-state index < -0.39 is 7.75 Å². The Balaban J connectivity index is 1.81. The van der Waals surface area contributed by atoms with Crippen molar-refractivity contribution in [3.63, 3.8) is 0 Å². The summed E-state index contributed by atoms with van der Waals surface area (Å²) in [5.74, 6) is 0.629. The molecule has 3 aromatic rings. The molecule has 0 amide bonds. The number of hydrogen-bond acceptors (Lipinski definition) is 6. The van der Waals surface area contributed by atoms with Crippen LogP contribution >= 0.6 is 42.0 Å². The zero-order chi connectivity index (χ0) is 23.4. The van der Waals surface area contributed by atoms with Gasteiger partial charge >= 0.3 is 7.75 Å². The molecule has 0 fully saturated rings. The van der Waals surface area contributed by atoms with Crippen LogP contribution in [-0.2, 0) is 20.2 Å². The Morgan fingerprint density at radius 1 is 1.24 bits per heavy atom. The van der Waals surface area contributed by atoms with Gasteiger partial charge in [0, 0.05) is 47.1 Å². The number of thiophene rings is 2. The smallest absolute Gasteiger partial charge is 0.396 e. The molecule has 0 radical (unpaired) electrons. The van der Waals surface area contributed by atoms with Crippen LogP contribution in [0.3, 0.4) is 0 Å². The van der Waals surface area contributed by atoms with Gasteiger partial charge < -0.3 is 10.0 Å². The highest BCUT2D eigenvalue weighted by molar-refractivity contribution is 7.52. The van der Waals surface area contributed by atoms with Gasteiger partial charge in [-0.3, -0.25) is 9.05 Å². The first kappa shape index (κ1) is 24.6. The van der Waals surface area contributed by atoms with Crippen molar-refractivity contribution in [3.8, 4) is 0 Å². The molecule has 0 aliphatic carbocycles. The maximum atomic E-state index is 13.0. The molecule has 1 aromatic carbocycles. The summed E-state index contributed by atoms with van der Waals surface area (Å²) in [5.41, 5.74) is 1.14. The van der Waals surface area contributed by atoms with E-state index in [1.54, 1.807) is 22.7 Å². The normalized spacial score (nSPS) is 18.3. The first-order valence-corrected chi connectivity index (χ1v) is 14.1. The Morgan fingerprint density at radius 2 is 2.03 bits per heavy atom. The van der Waals surface area contributed by atoms with Crippen molar-refractivity contribution >= 4 is 57.9 Å². The lowest BCUT2D eigenvalue weighted by molar-refractivity contribution is 0.274. The summed E-state index contributed by atoms with van der Waals surface area (Å²) in [4.78, 5) is 4.30. The summed E-state index contributed by atoms with van der Waals surface area (Å²) < 4.78 is 28.9. The SMILES string of the molecule is COP(=O)(/N=C1/CC(CCCO)=CC(c2cccs2)N1Cc1sc2ccccc2c1Cl)OC. The minimum Gasteiger partial charge on any atom is -0.396 e. The third-order valence-electron chi connectivity index (χ3n) is 5.55. The highest BCUT2D eigenvalue weighted by Crippen LogP contribution is 2.50. The number of fused-ring (bicyclic) bond motifs is 1. The Kier molecular flexibility index (Phi) is 8.07. The number of aliphatic hydroxyl groups excluding tert-OH is 1. The number of hydrogen-bond donors (Lipinski definition) is 1. The molecule has 3 heterocycles. The lowest BCUT2D eigenvalue weighted by Gasteiger charge is -2.37. The minimum absolute atomic E-state index is 0.102. The largest absolute Gasteiger partial charge is 0.454 e. The number of halogens is 1. The second-order valence-corrected chi connectivity index (χ2v) is 12.0. The van der Waals surface area contributed by atoms with E-state index in [1.165, 1.54) is 14.2 Å². The van der Waals surface area contributed by atoms with E-state index in [2.05, 4.69) is 27.9 Å². The molecule has 0 bridgehead atoms. The Morgan fingerprint density at radius 3 is 2.70 bits per heavy atom. The fourth-order valence-electron chi connectivity index (χ4n) is 3.91. The molecule has 1 aliphatic heterocycles. The van der Waals surface area contributed by atoms with Crippen molar-refractivity contribution in [2.75, 3.05) is 20.8 Å². The summed E-state index contributed by atoms with van der Waals surface area (Å²) in [6, 6.07) is 12.1. The molecule has 176 valence electrons. The topological polar surface area (TPSA) is 71.4 Å². The average Bonchev–Trinajstić information content (AvgIpc) is 3.48. The number of aliphatic hydroxyl groups is 1. The third kappa shape index (κ3) is 5.43. The lowest BCUT2D eigenvalue weighted by Crippen LogP contribution is -2.36. The Bertz CT molecular complexity index is 1200. The monoisotopic (exact) mass is 524 g/mol. The van der Waals surface area contributed by atoms with Crippen LogP contribution in [-0.4, -0.2) is 36.7 Å². The molecule has 2 aromatic heterocycles. The van der Waals surface area contributed by atoms with Crippen LogP contribution in [0.15, 0.2) is 58.2 Å². The van der Waals surface area contributed by atoms with E-state index in [4.69, 9.17) is 20.6 Å². The molecule has 4 rings (SSSR count). The second-order valence-electron chi connectivity index (χ2n) is 7.60. The standard InChI is InChI=1S/C23H26ClN2O4PS2/c1-29-31(28,30-2)25-22-14-16(7-5-11-27)13-18(20-10-6-12-32-20)26(22)15-21-23(24)17-8-3-4-9-19(17)33-21/h3-4,6,8-10,12-13,18,27H,5,7,11,14-15H2,1-2H3/b25-22-. The van der Waals surface area contributed by atoms with Crippen molar-refractivity contribution in [1.82, 2.24) is 4.90 Å². The molecule has 1 atom stereocenters. The van der Waals surface area contributed by atoms with Crippen LogP contribution in [0.4, 0.5) is 0 Å². The van der Waals surface area contributed by atoms with Gasteiger partial charge in [-0.25, -0.2) is 4.57 Å². The van der Waals surface area contributed by atoms with Crippen LogP contribution in [0.1, 0.15) is 35.1 Å². The fourth-order valence-corrected chi connectivity index (χ4v) is 6.99. The fraction of sp³-hybridized carbons (Fsp3) is 0.348. The van der Waals surface area contributed by atoms with Gasteiger partial charge in [0.15, 0.2) is 0 Å². The second kappa shape index (κ2) is 10.8. The van der Waals surface area contributed by atoms with E-state index >= 15 is 0 Å². The lowest BCUT2D eigenvalue weighted by atomic mass is 9.96. The van der Waals surface area contributed by atoms with Gasteiger partial charge in [0.25, 0.3) is 0 Å². The number of nitrogens with zero attached hydrogens (tertiary/aromatic N) is 2. The molecule has 10 heteroatoms. The molecular weight excluding hydrogens is 499 g/mol. The third-order valence-corrected chi connectivity index (χ3v) is 9.59. The summed E-state index contributed by atoms with van der Waals surface area (Å²) in [6.07, 6.45) is 4.12. The molecule has 33 heavy (non-hydrogen) atoms. The first-order valence-electron chi connectivity index (χ1n) is 10.5. The maximum absolute atomic E-state index is 13.0. The van der Waals surface area contributed by atoms with E-state index in [9.17, 15) is 9.67 Å². The highest BCUT2D eigenvalue weighted by Gasteiger charge is 2.33. The summed E-state index contributed by atoms with van der Waals surface area (Å²) in [6.45, 7) is 0.625. The Labute approximate surface area is 206 Å². The zero-order valence-corrected chi connectivity index (χ0v) is 21.7. The molecule has 0 saturated carbocycles. The average molecular weight is 525 g/mol. The van der Waals surface area contributed by atoms with Crippen LogP contribution in [0.2, 0.25) is 5.02 Å². The van der Waals surface area contributed by atoms with Crippen LogP contribution in [0.25, 0.3) is 10.1 Å². The van der Waals surface area contributed by atoms with Crippen LogP contribution < -0.4 is 0 Å². The van der Waals surface area contributed by atoms with Crippen LogP contribution in [0.5, 0.6) is 0 Å². The number of rotatable bonds is 9. The van der Waals surface area contributed by atoms with Crippen molar-refractivity contribution in [3.05, 3.63) is 68.2 Å². The zero-order valence-electron chi connectivity index (χ0n) is 18.4. The maximum Gasteiger partial charge on any atom is 0.454 e. The van der Waals surface area contributed by atoms with Gasteiger partial charge in [0.1, 0.15) is 5.84 Å². The van der Waals surface area contributed by atoms with Crippen molar-refractivity contribution in [2.24, 2.45) is 4.76 Å². The molecule has 1 aliphatic rings. The van der Waals surface area contributed by atoms with E-state index in [0.717, 1.165) is 36.9 Å². The predicted molar refractivity (Wildman–Crippen MR) is 138 cm³/mol. The Hall–Kier alpha value is -1.51. The quantitative estimate of drug-likeness (QED) is 0.239. The molecule has 1 N–H and O–H groups in total. The molecule has 0 spiro atoms. The summed E-state index contributed by atoms with van der Waals surface area (Å²) >= 11 is 10.1. The van der Waals surface area contributed by atoms with E-state index in [-0.39, 0.29) is 12.6 Å². The van der Waals surface area contributed by atoms with E-state index in [1.807, 2.05) is 29.6 Å². The van der Waals surface area contributed by atoms with Gasteiger partial charge in [-0.15, -0.1) is 22.7 Å². The van der Waals surface area contributed by atoms with Gasteiger partial charge in [0.2, 0.25) is 0 Å². The highest BCUT2D eigenvalue weighted by atomic mass is 35.5. The van der Waals surface area contributed by atoms with Crippen molar-refractivity contribution < 1.29 is 18.7 Å². The number of amidine groups is 1. The number of benzene rings is 1. The minimum atomic E-state index is -3.64. The molecular formula is C23H26ClN2O4PS2. The first-order chi connectivity index (χ1) is 16.0. The molecule has 6 nitrogen and oxygen atoms in total. The molecule has 1 unspecified atom stereocenters. The summed E-state index contributed by atoms with van der Waals surface area (Å²) in [7, 11) is -0.970. The van der Waals surface area contributed by atoms with Crippen LogP contribution in [0, 0.1) is 0 Å².